The van der Waals surface area contributed by atoms with Gasteiger partial charge < -0.3 is 14.2 Å². The van der Waals surface area contributed by atoms with E-state index in [9.17, 15) is 4.79 Å². The molecule has 0 saturated carbocycles. The van der Waals surface area contributed by atoms with Crippen molar-refractivity contribution in [2.45, 2.75) is 0 Å². The maximum Gasteiger partial charge on any atom is 0.204 e. The van der Waals surface area contributed by atoms with Crippen LogP contribution in [0.25, 0.3) is 0 Å². The summed E-state index contributed by atoms with van der Waals surface area (Å²) < 4.78 is 15.4. The fraction of sp³-hybridized carbons (Fsp3) is 0.214. The van der Waals surface area contributed by atoms with Crippen molar-refractivity contribution in [3.8, 4) is 17.2 Å². The number of hydrogen-bond acceptors (Lipinski definition) is 5. The molecule has 0 unspecified atom stereocenters. The van der Waals surface area contributed by atoms with E-state index in [1.165, 1.54) is 25.6 Å². The quantitative estimate of drug-likeness (QED) is 0.790. The smallest absolute Gasteiger partial charge is 0.204 e. The first-order chi connectivity index (χ1) is 9.60. The summed E-state index contributed by atoms with van der Waals surface area (Å²) >= 11 is 7.44. The van der Waals surface area contributed by atoms with Crippen LogP contribution in [-0.4, -0.2) is 27.1 Å². The summed E-state index contributed by atoms with van der Waals surface area (Å²) in [6.07, 6.45) is 0. The standard InChI is InChI=1S/C14H13ClO4S/c1-17-8-4-13(20-7-8)14(16)9-5-11(18-2)12(19-3)6-10(9)15/h4-7H,1-3H3. The number of carbonyl (C=O) groups is 1. The molecule has 4 nitrogen and oxygen atoms in total. The van der Waals surface area contributed by atoms with Gasteiger partial charge >= 0.3 is 0 Å². The molecule has 6 heteroatoms. The van der Waals surface area contributed by atoms with Crippen molar-refractivity contribution in [3.63, 3.8) is 0 Å². The Balaban J connectivity index is 2.43. The van der Waals surface area contributed by atoms with Gasteiger partial charge in [0.05, 0.1) is 31.2 Å². The number of carbonyl (C=O) groups excluding carboxylic acids is 1. The van der Waals surface area contributed by atoms with E-state index in [0.717, 1.165) is 0 Å². The Hall–Kier alpha value is -1.72. The summed E-state index contributed by atoms with van der Waals surface area (Å²) in [7, 11) is 4.58. The number of ketones is 1. The van der Waals surface area contributed by atoms with Crippen LogP contribution >= 0.6 is 22.9 Å². The van der Waals surface area contributed by atoms with Gasteiger partial charge in [-0.15, -0.1) is 11.3 Å². The van der Waals surface area contributed by atoms with Gasteiger partial charge in [0, 0.05) is 23.1 Å². The highest BCUT2D eigenvalue weighted by atomic mass is 35.5. The maximum atomic E-state index is 12.4. The lowest BCUT2D eigenvalue weighted by molar-refractivity contribution is 0.104. The zero-order valence-corrected chi connectivity index (χ0v) is 12.8. The molecule has 0 saturated heterocycles. The molecule has 0 atom stereocenters. The molecule has 106 valence electrons. The number of methoxy groups -OCH3 is 3. The van der Waals surface area contributed by atoms with Crippen LogP contribution in [-0.2, 0) is 0 Å². The number of ether oxygens (including phenoxy) is 3. The highest BCUT2D eigenvalue weighted by Gasteiger charge is 2.19. The van der Waals surface area contributed by atoms with E-state index in [-0.39, 0.29) is 5.78 Å². The van der Waals surface area contributed by atoms with Gasteiger partial charge in [-0.05, 0) is 6.07 Å². The Morgan fingerprint density at radius 3 is 2.25 bits per heavy atom. The van der Waals surface area contributed by atoms with Gasteiger partial charge in [-0.2, -0.15) is 0 Å². The second kappa shape index (κ2) is 6.15. The molecule has 0 N–H and O–H groups in total. The Kier molecular flexibility index (Phi) is 4.52. The van der Waals surface area contributed by atoms with Gasteiger partial charge in [-0.1, -0.05) is 11.6 Å². The van der Waals surface area contributed by atoms with Gasteiger partial charge in [0.1, 0.15) is 5.75 Å². The Bertz CT molecular complexity index is 636. The predicted octanol–water partition coefficient (Wildman–Crippen LogP) is 3.66. The van der Waals surface area contributed by atoms with Crippen LogP contribution in [0.3, 0.4) is 0 Å². The summed E-state index contributed by atoms with van der Waals surface area (Å²) in [4.78, 5) is 13.0. The molecule has 2 rings (SSSR count). The van der Waals surface area contributed by atoms with Gasteiger partial charge in [0.15, 0.2) is 11.5 Å². The monoisotopic (exact) mass is 312 g/mol. The maximum absolute atomic E-state index is 12.4. The summed E-state index contributed by atoms with van der Waals surface area (Å²) in [5, 5.41) is 2.09. The molecule has 0 spiro atoms. The molecule has 2 aromatic rings. The van der Waals surface area contributed by atoms with Gasteiger partial charge in [0.25, 0.3) is 0 Å². The number of halogens is 1. The van der Waals surface area contributed by atoms with Crippen LogP contribution < -0.4 is 14.2 Å². The Morgan fingerprint density at radius 1 is 1.05 bits per heavy atom. The van der Waals surface area contributed by atoms with Crippen molar-refractivity contribution < 1.29 is 19.0 Å². The van der Waals surface area contributed by atoms with E-state index in [4.69, 9.17) is 25.8 Å². The van der Waals surface area contributed by atoms with Gasteiger partial charge in [-0.25, -0.2) is 0 Å². The topological polar surface area (TPSA) is 44.8 Å². The Labute approximate surface area is 125 Å². The zero-order chi connectivity index (χ0) is 14.7. The summed E-state index contributed by atoms with van der Waals surface area (Å²) in [5.41, 5.74) is 0.369. The summed E-state index contributed by atoms with van der Waals surface area (Å²) in [6, 6.07) is 4.83. The first-order valence-corrected chi connectivity index (χ1v) is 6.95. The lowest BCUT2D eigenvalue weighted by Crippen LogP contribution is -2.02. The van der Waals surface area contributed by atoms with Crippen molar-refractivity contribution in [2.75, 3.05) is 21.3 Å². The molecule has 0 fully saturated rings. The normalized spacial score (nSPS) is 10.2. The van der Waals surface area contributed by atoms with Crippen molar-refractivity contribution in [1.82, 2.24) is 0 Å². The average Bonchev–Trinajstić information content (AvgIpc) is 2.95. The third-order valence-corrected chi connectivity index (χ3v) is 3.97. The van der Waals surface area contributed by atoms with Gasteiger partial charge in [0.2, 0.25) is 5.78 Å². The molecule has 0 bridgehead atoms. The molecule has 0 aliphatic rings. The second-order valence-electron chi connectivity index (χ2n) is 3.87. The van der Waals surface area contributed by atoms with Crippen LogP contribution in [0, 0.1) is 0 Å². The molecular formula is C14H13ClO4S. The third-order valence-electron chi connectivity index (χ3n) is 2.75. The molecule has 0 radical (unpaired) electrons. The molecule has 1 aromatic carbocycles. The van der Waals surface area contributed by atoms with Crippen LogP contribution in [0.2, 0.25) is 5.02 Å². The fourth-order valence-corrected chi connectivity index (χ4v) is 2.75. The van der Waals surface area contributed by atoms with E-state index in [2.05, 4.69) is 0 Å². The van der Waals surface area contributed by atoms with E-state index < -0.39 is 0 Å². The molecular weight excluding hydrogens is 300 g/mol. The molecule has 0 aliphatic carbocycles. The molecule has 1 heterocycles. The van der Waals surface area contributed by atoms with Crippen LogP contribution in [0.5, 0.6) is 17.2 Å². The number of thiophene rings is 1. The van der Waals surface area contributed by atoms with E-state index >= 15 is 0 Å². The number of rotatable bonds is 5. The van der Waals surface area contributed by atoms with Crippen LogP contribution in [0.15, 0.2) is 23.6 Å². The van der Waals surface area contributed by atoms with Crippen molar-refractivity contribution >= 4 is 28.7 Å². The molecule has 1 aromatic heterocycles. The van der Waals surface area contributed by atoms with Crippen LogP contribution in [0.1, 0.15) is 15.2 Å². The lowest BCUT2D eigenvalue weighted by Gasteiger charge is -2.10. The molecule has 0 aliphatic heterocycles. The molecule has 20 heavy (non-hydrogen) atoms. The highest BCUT2D eigenvalue weighted by Crippen LogP contribution is 2.35. The van der Waals surface area contributed by atoms with Crippen molar-refractivity contribution in [2.24, 2.45) is 0 Å². The lowest BCUT2D eigenvalue weighted by atomic mass is 10.1. The first-order valence-electron chi connectivity index (χ1n) is 5.69. The van der Waals surface area contributed by atoms with E-state index in [1.54, 1.807) is 30.7 Å². The summed E-state index contributed by atoms with van der Waals surface area (Å²) in [6.45, 7) is 0. The highest BCUT2D eigenvalue weighted by molar-refractivity contribution is 7.12. The first kappa shape index (κ1) is 14.7. The predicted molar refractivity (Wildman–Crippen MR) is 78.9 cm³/mol. The number of hydrogen-bond donors (Lipinski definition) is 0. The minimum atomic E-state index is -0.177. The van der Waals surface area contributed by atoms with E-state index in [1.807, 2.05) is 0 Å². The summed E-state index contributed by atoms with van der Waals surface area (Å²) in [5.74, 6) is 1.42. The SMILES string of the molecule is COc1csc(C(=O)c2cc(OC)c(OC)cc2Cl)c1. The largest absolute Gasteiger partial charge is 0.496 e. The second-order valence-corrected chi connectivity index (χ2v) is 5.19. The Morgan fingerprint density at radius 2 is 1.70 bits per heavy atom. The number of benzene rings is 1. The van der Waals surface area contributed by atoms with Gasteiger partial charge in [-0.3, -0.25) is 4.79 Å². The van der Waals surface area contributed by atoms with Crippen molar-refractivity contribution in [1.29, 1.82) is 0 Å². The zero-order valence-electron chi connectivity index (χ0n) is 11.2. The fourth-order valence-electron chi connectivity index (χ4n) is 1.71. The third kappa shape index (κ3) is 2.73. The van der Waals surface area contributed by atoms with Crippen molar-refractivity contribution in [3.05, 3.63) is 39.0 Å². The minimum Gasteiger partial charge on any atom is -0.496 e. The average molecular weight is 313 g/mol. The van der Waals surface area contributed by atoms with E-state index in [0.29, 0.717) is 32.7 Å². The minimum absolute atomic E-state index is 0.177. The van der Waals surface area contributed by atoms with Crippen LogP contribution in [0.4, 0.5) is 0 Å². The molecule has 0 amide bonds.